The van der Waals surface area contributed by atoms with Crippen LogP contribution in [0.2, 0.25) is 5.02 Å². The Balaban J connectivity index is 1.85. The molecule has 6 heteroatoms. The van der Waals surface area contributed by atoms with Crippen molar-refractivity contribution in [2.45, 2.75) is 19.9 Å². The van der Waals surface area contributed by atoms with Crippen LogP contribution >= 0.6 is 11.6 Å². The van der Waals surface area contributed by atoms with Crippen LogP contribution in [0.1, 0.15) is 22.5 Å². The number of nitrogen functional groups attached to an aromatic ring is 1. The number of hydrogen-bond acceptors (Lipinski definition) is 3. The molecular formula is C21H19ClN4O. The minimum atomic E-state index is -0.214. The van der Waals surface area contributed by atoms with Crippen molar-refractivity contribution in [3.63, 3.8) is 0 Å². The van der Waals surface area contributed by atoms with E-state index in [4.69, 9.17) is 17.3 Å². The number of amides is 1. The summed E-state index contributed by atoms with van der Waals surface area (Å²) in [5.74, 6) is -0.214. The molecule has 0 saturated carbocycles. The van der Waals surface area contributed by atoms with Gasteiger partial charge in [0.05, 0.1) is 5.69 Å². The Morgan fingerprint density at radius 3 is 2.59 bits per heavy atom. The second kappa shape index (κ2) is 7.98. The molecule has 27 heavy (non-hydrogen) atoms. The number of nitrogens with two attached hydrogens (primary N) is 1. The third-order valence-corrected chi connectivity index (χ3v) is 4.61. The van der Waals surface area contributed by atoms with Crippen LogP contribution < -0.4 is 11.1 Å². The van der Waals surface area contributed by atoms with E-state index < -0.39 is 0 Å². The van der Waals surface area contributed by atoms with E-state index >= 15 is 0 Å². The predicted molar refractivity (Wildman–Crippen MR) is 108 cm³/mol. The number of nitrogens with one attached hydrogen (secondary N) is 1. The van der Waals surface area contributed by atoms with Gasteiger partial charge >= 0.3 is 0 Å². The normalized spacial score (nSPS) is 10.4. The van der Waals surface area contributed by atoms with Crippen molar-refractivity contribution in [3.05, 3.63) is 82.1 Å². The molecule has 1 amide bonds. The number of para-hydroxylation sites is 1. The maximum Gasteiger partial charge on any atom is 0.244 e. The maximum absolute atomic E-state index is 12.6. The fourth-order valence-electron chi connectivity index (χ4n) is 2.92. The third-order valence-electron chi connectivity index (χ3n) is 4.36. The number of benzene rings is 2. The lowest BCUT2D eigenvalue weighted by Crippen LogP contribution is -2.21. The van der Waals surface area contributed by atoms with Gasteiger partial charge in [0.2, 0.25) is 5.91 Å². The molecule has 3 aromatic rings. The first-order chi connectivity index (χ1) is 13.0. The van der Waals surface area contributed by atoms with Crippen molar-refractivity contribution in [3.8, 4) is 6.07 Å². The quantitative estimate of drug-likeness (QED) is 0.700. The fraction of sp³-hybridized carbons (Fsp3) is 0.143. The molecule has 3 rings (SSSR count). The number of carbonyl (C=O) groups excluding carboxylic acids is 1. The molecule has 0 radical (unpaired) electrons. The lowest BCUT2D eigenvalue weighted by molar-refractivity contribution is -0.116. The summed E-state index contributed by atoms with van der Waals surface area (Å²) in [5, 5.41) is 13.0. The van der Waals surface area contributed by atoms with E-state index in [1.54, 1.807) is 22.8 Å². The van der Waals surface area contributed by atoms with Crippen LogP contribution in [-0.2, 0) is 17.8 Å². The maximum atomic E-state index is 12.6. The predicted octanol–water partition coefficient (Wildman–Crippen LogP) is 4.13. The number of carbonyl (C=O) groups is 1. The Bertz CT molecular complexity index is 1020. The largest absolute Gasteiger partial charge is 0.397 e. The second-order valence-electron chi connectivity index (χ2n) is 6.30. The highest BCUT2D eigenvalue weighted by atomic mass is 35.5. The number of nitrogens with zero attached hydrogens (tertiary/aromatic N) is 2. The first-order valence-corrected chi connectivity index (χ1v) is 8.83. The van der Waals surface area contributed by atoms with Crippen LogP contribution in [0.3, 0.4) is 0 Å². The van der Waals surface area contributed by atoms with Crippen LogP contribution in [0.15, 0.2) is 54.6 Å². The highest BCUT2D eigenvalue weighted by molar-refractivity contribution is 6.30. The van der Waals surface area contributed by atoms with Crippen molar-refractivity contribution in [2.75, 3.05) is 11.1 Å². The van der Waals surface area contributed by atoms with Crippen molar-refractivity contribution >= 4 is 28.9 Å². The zero-order valence-electron chi connectivity index (χ0n) is 14.9. The van der Waals surface area contributed by atoms with E-state index in [2.05, 4.69) is 11.4 Å². The van der Waals surface area contributed by atoms with Gasteiger partial charge in [-0.2, -0.15) is 5.26 Å². The molecule has 0 bridgehead atoms. The van der Waals surface area contributed by atoms with E-state index in [1.807, 2.05) is 43.3 Å². The number of anilines is 2. The molecule has 0 aliphatic heterocycles. The monoisotopic (exact) mass is 378 g/mol. The summed E-state index contributed by atoms with van der Waals surface area (Å²) < 4.78 is 1.66. The van der Waals surface area contributed by atoms with Crippen LogP contribution in [0.25, 0.3) is 0 Å². The molecule has 1 heterocycles. The van der Waals surface area contributed by atoms with Crippen molar-refractivity contribution in [2.24, 2.45) is 0 Å². The Labute approximate surface area is 163 Å². The summed E-state index contributed by atoms with van der Waals surface area (Å²) in [5.41, 5.74) is 10.4. The summed E-state index contributed by atoms with van der Waals surface area (Å²) in [7, 11) is 0. The standard InChI is InChI=1S/C21H19ClN4O/c1-14-4-2-3-5-19(14)25-21(27)13-26-17(12-23)11-18(24)20(26)10-15-6-8-16(22)9-7-15/h2-9,11H,10,13,24H2,1H3,(H,25,27). The van der Waals surface area contributed by atoms with Gasteiger partial charge in [-0.1, -0.05) is 41.9 Å². The SMILES string of the molecule is Cc1ccccc1NC(=O)Cn1c(C#N)cc(N)c1Cc1ccc(Cl)cc1. The number of hydrogen-bond donors (Lipinski definition) is 2. The molecule has 0 atom stereocenters. The number of nitriles is 1. The molecule has 0 spiro atoms. The fourth-order valence-corrected chi connectivity index (χ4v) is 3.05. The first kappa shape index (κ1) is 18.6. The van der Waals surface area contributed by atoms with Gasteiger partial charge in [-0.15, -0.1) is 0 Å². The number of aromatic nitrogens is 1. The Morgan fingerprint density at radius 1 is 1.22 bits per heavy atom. The highest BCUT2D eigenvalue weighted by Gasteiger charge is 2.16. The third kappa shape index (κ3) is 4.30. The van der Waals surface area contributed by atoms with Gasteiger partial charge in [-0.05, 0) is 42.3 Å². The topological polar surface area (TPSA) is 83.8 Å². The Kier molecular flexibility index (Phi) is 5.49. The number of halogens is 1. The lowest BCUT2D eigenvalue weighted by atomic mass is 10.1. The summed E-state index contributed by atoms with van der Waals surface area (Å²) in [6, 6.07) is 18.7. The van der Waals surface area contributed by atoms with E-state index in [9.17, 15) is 10.1 Å². The molecule has 1 aromatic heterocycles. The summed E-state index contributed by atoms with van der Waals surface area (Å²) in [6.45, 7) is 1.94. The molecule has 0 saturated heterocycles. The van der Waals surface area contributed by atoms with Gasteiger partial charge in [0.15, 0.2) is 0 Å². The van der Waals surface area contributed by atoms with Crippen molar-refractivity contribution in [1.29, 1.82) is 5.26 Å². The smallest absolute Gasteiger partial charge is 0.244 e. The summed E-state index contributed by atoms with van der Waals surface area (Å²) >= 11 is 5.94. The van der Waals surface area contributed by atoms with Crippen molar-refractivity contribution in [1.82, 2.24) is 4.57 Å². The minimum Gasteiger partial charge on any atom is -0.397 e. The number of rotatable bonds is 5. The average molecular weight is 379 g/mol. The second-order valence-corrected chi connectivity index (χ2v) is 6.73. The average Bonchev–Trinajstić information content (AvgIpc) is 2.94. The van der Waals surface area contributed by atoms with Crippen LogP contribution in [0, 0.1) is 18.3 Å². The Hall–Kier alpha value is -3.23. The van der Waals surface area contributed by atoms with Gasteiger partial charge < -0.3 is 15.6 Å². The van der Waals surface area contributed by atoms with Crippen LogP contribution in [-0.4, -0.2) is 10.5 Å². The molecule has 5 nitrogen and oxygen atoms in total. The molecule has 0 unspecified atom stereocenters. The van der Waals surface area contributed by atoms with Gasteiger partial charge in [0.1, 0.15) is 18.3 Å². The zero-order chi connectivity index (χ0) is 19.4. The molecular weight excluding hydrogens is 360 g/mol. The van der Waals surface area contributed by atoms with Gasteiger partial charge in [-0.3, -0.25) is 4.79 Å². The van der Waals surface area contributed by atoms with Crippen molar-refractivity contribution < 1.29 is 4.79 Å². The van der Waals surface area contributed by atoms with E-state index in [0.29, 0.717) is 22.8 Å². The van der Waals surface area contributed by atoms with E-state index in [0.717, 1.165) is 22.5 Å². The molecule has 0 aliphatic carbocycles. The van der Waals surface area contributed by atoms with Gasteiger partial charge in [-0.25, -0.2) is 0 Å². The molecule has 0 aliphatic rings. The number of aryl methyl sites for hydroxylation is 1. The highest BCUT2D eigenvalue weighted by Crippen LogP contribution is 2.23. The molecule has 136 valence electrons. The minimum absolute atomic E-state index is 0.0113. The van der Waals surface area contributed by atoms with Gasteiger partial charge in [0.25, 0.3) is 0 Å². The zero-order valence-corrected chi connectivity index (χ0v) is 15.6. The van der Waals surface area contributed by atoms with Crippen LogP contribution in [0.5, 0.6) is 0 Å². The van der Waals surface area contributed by atoms with Crippen LogP contribution in [0.4, 0.5) is 11.4 Å². The molecule has 0 fully saturated rings. The first-order valence-electron chi connectivity index (χ1n) is 8.46. The molecule has 3 N–H and O–H groups in total. The lowest BCUT2D eigenvalue weighted by Gasteiger charge is -2.13. The summed E-state index contributed by atoms with van der Waals surface area (Å²) in [6.07, 6.45) is 0.502. The Morgan fingerprint density at radius 2 is 1.93 bits per heavy atom. The van der Waals surface area contributed by atoms with E-state index in [-0.39, 0.29) is 12.5 Å². The van der Waals surface area contributed by atoms with E-state index in [1.165, 1.54) is 0 Å². The van der Waals surface area contributed by atoms with Gasteiger partial charge in [0, 0.05) is 22.8 Å². The molecule has 2 aromatic carbocycles. The summed E-state index contributed by atoms with van der Waals surface area (Å²) in [4.78, 5) is 12.6.